The number of fused-ring (bicyclic) bond motifs is 3. The lowest BCUT2D eigenvalue weighted by molar-refractivity contribution is -0.137. The first-order valence-electron chi connectivity index (χ1n) is 12.3. The molecular weight excluding hydrogens is 332 g/mol. The Labute approximate surface area is 167 Å². The molecule has 6 atom stereocenters. The summed E-state index contributed by atoms with van der Waals surface area (Å²) in [4.78, 5) is 10.9. The van der Waals surface area contributed by atoms with E-state index in [9.17, 15) is 4.79 Å². The summed E-state index contributed by atoms with van der Waals surface area (Å²) in [5, 5.41) is 8.99. The molecule has 27 heavy (non-hydrogen) atoms. The molecule has 1 spiro atoms. The van der Waals surface area contributed by atoms with Crippen molar-refractivity contribution in [2.75, 3.05) is 0 Å². The highest BCUT2D eigenvalue weighted by atomic mass is 16.4. The summed E-state index contributed by atoms with van der Waals surface area (Å²) in [7, 11) is 0. The van der Waals surface area contributed by atoms with Gasteiger partial charge < -0.3 is 5.11 Å². The normalized spacial score (nSPS) is 43.4. The van der Waals surface area contributed by atoms with E-state index >= 15 is 0 Å². The van der Waals surface area contributed by atoms with Gasteiger partial charge in [0.2, 0.25) is 0 Å². The van der Waals surface area contributed by atoms with Crippen molar-refractivity contribution in [3.8, 4) is 0 Å². The highest BCUT2D eigenvalue weighted by molar-refractivity contribution is 5.66. The number of aliphatic carboxylic acids is 1. The molecule has 2 bridgehead atoms. The van der Waals surface area contributed by atoms with Crippen LogP contribution in [0.5, 0.6) is 0 Å². The molecule has 0 aromatic carbocycles. The summed E-state index contributed by atoms with van der Waals surface area (Å²) in [6.45, 7) is 6.60. The highest BCUT2D eigenvalue weighted by Crippen LogP contribution is 2.64. The molecule has 6 unspecified atom stereocenters. The summed E-state index contributed by atoms with van der Waals surface area (Å²) < 4.78 is 0. The van der Waals surface area contributed by atoms with Gasteiger partial charge in [-0.25, -0.2) is 0 Å². The summed E-state index contributed by atoms with van der Waals surface area (Å²) in [6, 6.07) is 0. The second-order valence-electron chi connectivity index (χ2n) is 10.4. The molecule has 0 heterocycles. The Bertz CT molecular complexity index is 501. The van der Waals surface area contributed by atoms with Crippen molar-refractivity contribution in [2.45, 2.75) is 117 Å². The molecule has 1 N–H and O–H groups in total. The molecule has 0 aromatic heterocycles. The van der Waals surface area contributed by atoms with E-state index in [2.05, 4.69) is 6.92 Å². The fourth-order valence-corrected chi connectivity index (χ4v) is 8.21. The minimum absolute atomic E-state index is 0.367. The monoisotopic (exact) mass is 376 g/mol. The lowest BCUT2D eigenvalue weighted by Crippen LogP contribution is -2.46. The van der Waals surface area contributed by atoms with Gasteiger partial charge in [0.25, 0.3) is 0 Å². The van der Waals surface area contributed by atoms with Gasteiger partial charge in [0, 0.05) is 6.42 Å². The molecule has 156 valence electrons. The Balaban J connectivity index is 0.00000102. The van der Waals surface area contributed by atoms with Gasteiger partial charge in [0.05, 0.1) is 0 Å². The Kier molecular flexibility index (Phi) is 6.96. The molecule has 0 aliphatic heterocycles. The van der Waals surface area contributed by atoms with E-state index in [1.54, 1.807) is 6.42 Å². The standard InChI is InChI=1S/C23H38O2.C2H6/c1-22-13-5-15-23-14-3-2-6-19(23)10-9-17(16-23)20(22)12-11-18(22)7-4-8-21(24)25;1-2/h17-20H,2-16H2,1H3,(H,24,25);1-2H3. The van der Waals surface area contributed by atoms with Gasteiger partial charge in [-0.1, -0.05) is 40.0 Å². The summed E-state index contributed by atoms with van der Waals surface area (Å²) in [5.74, 6) is 3.13. The number of carbonyl (C=O) groups is 1. The van der Waals surface area contributed by atoms with Crippen molar-refractivity contribution in [3.05, 3.63) is 0 Å². The quantitative estimate of drug-likeness (QED) is 0.553. The van der Waals surface area contributed by atoms with Crippen LogP contribution in [0, 0.1) is 34.5 Å². The lowest BCUT2D eigenvalue weighted by atomic mass is 9.49. The molecule has 0 radical (unpaired) electrons. The average molecular weight is 377 g/mol. The molecule has 4 saturated carbocycles. The fourth-order valence-electron chi connectivity index (χ4n) is 8.21. The van der Waals surface area contributed by atoms with E-state index in [0.29, 0.717) is 11.8 Å². The fraction of sp³-hybridized carbons (Fsp3) is 0.960. The van der Waals surface area contributed by atoms with Crippen molar-refractivity contribution in [2.24, 2.45) is 34.5 Å². The van der Waals surface area contributed by atoms with E-state index < -0.39 is 5.97 Å². The maximum Gasteiger partial charge on any atom is 0.303 e. The average Bonchev–Trinajstić information content (AvgIpc) is 2.98. The zero-order chi connectivity index (χ0) is 19.5. The third-order valence-corrected chi connectivity index (χ3v) is 9.41. The maximum atomic E-state index is 10.9. The molecular formula is C25H44O2. The first kappa shape index (κ1) is 21.2. The summed E-state index contributed by atoms with van der Waals surface area (Å²) in [5.41, 5.74) is 1.23. The molecule has 4 fully saturated rings. The Morgan fingerprint density at radius 2 is 1.74 bits per heavy atom. The van der Waals surface area contributed by atoms with E-state index in [1.165, 1.54) is 70.6 Å². The van der Waals surface area contributed by atoms with Crippen molar-refractivity contribution in [3.63, 3.8) is 0 Å². The highest BCUT2D eigenvalue weighted by Gasteiger charge is 2.54. The predicted molar refractivity (Wildman–Crippen MR) is 113 cm³/mol. The topological polar surface area (TPSA) is 37.3 Å². The van der Waals surface area contributed by atoms with Crippen LogP contribution in [0.25, 0.3) is 0 Å². The minimum atomic E-state index is -0.616. The van der Waals surface area contributed by atoms with E-state index in [0.717, 1.165) is 41.9 Å². The smallest absolute Gasteiger partial charge is 0.303 e. The number of rotatable bonds is 4. The van der Waals surface area contributed by atoms with Gasteiger partial charge in [0.15, 0.2) is 0 Å². The van der Waals surface area contributed by atoms with Crippen LogP contribution in [0.4, 0.5) is 0 Å². The first-order chi connectivity index (χ1) is 13.0. The van der Waals surface area contributed by atoms with Crippen molar-refractivity contribution in [1.29, 1.82) is 0 Å². The molecule has 0 amide bonds. The minimum Gasteiger partial charge on any atom is -0.481 e. The van der Waals surface area contributed by atoms with Gasteiger partial charge in [-0.05, 0) is 105 Å². The molecule has 4 rings (SSSR count). The van der Waals surface area contributed by atoms with E-state index in [-0.39, 0.29) is 0 Å². The van der Waals surface area contributed by atoms with Crippen LogP contribution in [0.2, 0.25) is 0 Å². The Morgan fingerprint density at radius 1 is 0.963 bits per heavy atom. The number of carboxylic acid groups (broad SMARTS) is 1. The van der Waals surface area contributed by atoms with Crippen LogP contribution in [0.15, 0.2) is 0 Å². The lowest BCUT2D eigenvalue weighted by Gasteiger charge is -2.56. The molecule has 2 heteroatoms. The van der Waals surface area contributed by atoms with Crippen LogP contribution < -0.4 is 0 Å². The van der Waals surface area contributed by atoms with Crippen molar-refractivity contribution in [1.82, 2.24) is 0 Å². The zero-order valence-corrected chi connectivity index (χ0v) is 18.3. The second kappa shape index (κ2) is 8.87. The number of hydrogen-bond donors (Lipinski definition) is 1. The summed E-state index contributed by atoms with van der Waals surface area (Å²) >= 11 is 0. The molecule has 4 aliphatic rings. The molecule has 0 saturated heterocycles. The SMILES string of the molecule is CC.CC12CCCC34CCCCC3CCC(C4)C1CCC2CCCC(=O)O. The van der Waals surface area contributed by atoms with Gasteiger partial charge in [0.1, 0.15) is 0 Å². The van der Waals surface area contributed by atoms with Crippen LogP contribution >= 0.6 is 0 Å². The van der Waals surface area contributed by atoms with Gasteiger partial charge in [-0.3, -0.25) is 4.79 Å². The number of carboxylic acids is 1. The Hall–Kier alpha value is -0.530. The molecule has 0 aromatic rings. The predicted octanol–water partition coefficient (Wildman–Crippen LogP) is 7.46. The van der Waals surface area contributed by atoms with Crippen LogP contribution in [0.1, 0.15) is 117 Å². The largest absolute Gasteiger partial charge is 0.481 e. The molecule has 2 nitrogen and oxygen atoms in total. The third-order valence-electron chi connectivity index (χ3n) is 9.41. The van der Waals surface area contributed by atoms with Crippen molar-refractivity contribution >= 4 is 5.97 Å². The van der Waals surface area contributed by atoms with Gasteiger partial charge in [-0.15, -0.1) is 0 Å². The van der Waals surface area contributed by atoms with Gasteiger partial charge >= 0.3 is 5.97 Å². The summed E-state index contributed by atoms with van der Waals surface area (Å²) in [6.07, 6.45) is 20.1. The second-order valence-corrected chi connectivity index (χ2v) is 10.4. The maximum absolute atomic E-state index is 10.9. The molecule has 4 aliphatic carbocycles. The van der Waals surface area contributed by atoms with Crippen LogP contribution in [-0.4, -0.2) is 11.1 Å². The van der Waals surface area contributed by atoms with E-state index in [4.69, 9.17) is 5.11 Å². The van der Waals surface area contributed by atoms with Gasteiger partial charge in [-0.2, -0.15) is 0 Å². The first-order valence-corrected chi connectivity index (χ1v) is 12.3. The Morgan fingerprint density at radius 3 is 2.52 bits per heavy atom. The van der Waals surface area contributed by atoms with Crippen molar-refractivity contribution < 1.29 is 9.90 Å². The third kappa shape index (κ3) is 4.10. The number of hydrogen-bond acceptors (Lipinski definition) is 1. The van der Waals surface area contributed by atoms with Crippen LogP contribution in [0.3, 0.4) is 0 Å². The van der Waals surface area contributed by atoms with E-state index in [1.807, 2.05) is 13.8 Å². The zero-order valence-electron chi connectivity index (χ0n) is 18.3. The van der Waals surface area contributed by atoms with Crippen LogP contribution in [-0.2, 0) is 4.79 Å².